The summed E-state index contributed by atoms with van der Waals surface area (Å²) in [5.41, 5.74) is 7.48. The Balaban J connectivity index is 2.48. The first-order valence-electron chi connectivity index (χ1n) is 5.55. The quantitative estimate of drug-likeness (QED) is 0.625. The molecule has 0 heterocycles. The Morgan fingerprint density at radius 1 is 1.50 bits per heavy atom. The van der Waals surface area contributed by atoms with E-state index in [1.165, 1.54) is 0 Å². The molecule has 1 fully saturated rings. The molecule has 0 aromatic heterocycles. The fraction of sp³-hybridized carbons (Fsp3) is 0.500. The monoisotopic (exact) mass is 220 g/mol. The molecule has 1 aliphatic rings. The number of aryl methyl sites for hydroxylation is 1. The Morgan fingerprint density at radius 2 is 2.19 bits per heavy atom. The van der Waals surface area contributed by atoms with Gasteiger partial charge in [0.1, 0.15) is 0 Å². The molecule has 0 atom stereocenters. The minimum absolute atomic E-state index is 0.0107. The average Bonchev–Trinajstić information content (AvgIpc) is 2.98. The Bertz CT molecular complexity index is 425. The summed E-state index contributed by atoms with van der Waals surface area (Å²) < 4.78 is 0. The molecule has 4 heteroatoms. The normalized spacial score (nSPS) is 17.1. The van der Waals surface area contributed by atoms with Gasteiger partial charge in [0.25, 0.3) is 5.69 Å². The van der Waals surface area contributed by atoms with Gasteiger partial charge in [-0.3, -0.25) is 10.1 Å². The molecule has 0 unspecified atom stereocenters. The van der Waals surface area contributed by atoms with Crippen LogP contribution < -0.4 is 5.73 Å². The maximum absolute atomic E-state index is 11.1. The number of para-hydroxylation sites is 1. The summed E-state index contributed by atoms with van der Waals surface area (Å²) in [4.78, 5) is 10.8. The van der Waals surface area contributed by atoms with Gasteiger partial charge in [-0.15, -0.1) is 0 Å². The van der Waals surface area contributed by atoms with Crippen LogP contribution in [0.3, 0.4) is 0 Å². The fourth-order valence-electron chi connectivity index (χ4n) is 2.41. The highest BCUT2D eigenvalue weighted by molar-refractivity contribution is 5.53. The van der Waals surface area contributed by atoms with Crippen molar-refractivity contribution >= 4 is 5.69 Å². The summed E-state index contributed by atoms with van der Waals surface area (Å²) in [6, 6.07) is 5.57. The molecule has 2 rings (SSSR count). The summed E-state index contributed by atoms with van der Waals surface area (Å²) in [6.07, 6.45) is 2.89. The standard InChI is InChI=1S/C12H16N2O2/c1-9-3-2-4-10(11(9)14(15)16)12(5-6-12)7-8-13/h2-4H,5-8,13H2,1H3. The number of nitrogens with zero attached hydrogens (tertiary/aromatic N) is 1. The third kappa shape index (κ3) is 1.69. The lowest BCUT2D eigenvalue weighted by molar-refractivity contribution is -0.386. The van der Waals surface area contributed by atoms with Gasteiger partial charge in [-0.1, -0.05) is 18.2 Å². The molecule has 0 amide bonds. The SMILES string of the molecule is Cc1cccc(C2(CCN)CC2)c1[N+](=O)[O-]. The topological polar surface area (TPSA) is 69.2 Å². The minimum Gasteiger partial charge on any atom is -0.330 e. The van der Waals surface area contributed by atoms with Crippen molar-refractivity contribution in [2.45, 2.75) is 31.6 Å². The van der Waals surface area contributed by atoms with Gasteiger partial charge in [-0.25, -0.2) is 0 Å². The molecule has 4 nitrogen and oxygen atoms in total. The number of hydrogen-bond acceptors (Lipinski definition) is 3. The van der Waals surface area contributed by atoms with Crippen LogP contribution in [0.2, 0.25) is 0 Å². The first-order valence-corrected chi connectivity index (χ1v) is 5.55. The van der Waals surface area contributed by atoms with Crippen molar-refractivity contribution in [1.82, 2.24) is 0 Å². The highest BCUT2D eigenvalue weighted by Crippen LogP contribution is 2.53. The third-order valence-corrected chi connectivity index (χ3v) is 3.47. The van der Waals surface area contributed by atoms with Crippen LogP contribution in [0.1, 0.15) is 30.4 Å². The van der Waals surface area contributed by atoms with Gasteiger partial charge in [0, 0.05) is 16.5 Å². The summed E-state index contributed by atoms with van der Waals surface area (Å²) in [7, 11) is 0. The van der Waals surface area contributed by atoms with Gasteiger partial charge in [-0.05, 0) is 32.7 Å². The molecule has 1 saturated carbocycles. The van der Waals surface area contributed by atoms with Gasteiger partial charge < -0.3 is 5.73 Å². The van der Waals surface area contributed by atoms with Gasteiger partial charge in [0.15, 0.2) is 0 Å². The predicted octanol–water partition coefficient (Wildman–Crippen LogP) is 2.28. The Hall–Kier alpha value is -1.42. The van der Waals surface area contributed by atoms with E-state index in [9.17, 15) is 10.1 Å². The van der Waals surface area contributed by atoms with Crippen molar-refractivity contribution in [3.05, 3.63) is 39.4 Å². The lowest BCUT2D eigenvalue weighted by atomic mass is 9.89. The zero-order chi connectivity index (χ0) is 11.8. The number of nitro groups is 1. The van der Waals surface area contributed by atoms with E-state index in [1.807, 2.05) is 12.1 Å². The van der Waals surface area contributed by atoms with E-state index in [-0.39, 0.29) is 16.0 Å². The van der Waals surface area contributed by atoms with Gasteiger partial charge >= 0.3 is 0 Å². The number of nitro benzene ring substituents is 1. The smallest absolute Gasteiger partial charge is 0.276 e. The number of nitrogens with two attached hydrogens (primary N) is 1. The molecule has 2 N–H and O–H groups in total. The fourth-order valence-corrected chi connectivity index (χ4v) is 2.41. The van der Waals surface area contributed by atoms with Crippen molar-refractivity contribution in [3.8, 4) is 0 Å². The highest BCUT2D eigenvalue weighted by Gasteiger charge is 2.47. The second-order valence-corrected chi connectivity index (χ2v) is 4.55. The largest absolute Gasteiger partial charge is 0.330 e. The summed E-state index contributed by atoms with van der Waals surface area (Å²) >= 11 is 0. The molecule has 1 aliphatic carbocycles. The zero-order valence-electron chi connectivity index (χ0n) is 9.40. The van der Waals surface area contributed by atoms with Gasteiger partial charge in [-0.2, -0.15) is 0 Å². The van der Waals surface area contributed by atoms with Crippen molar-refractivity contribution in [3.63, 3.8) is 0 Å². The Labute approximate surface area is 94.6 Å². The molecule has 0 radical (unpaired) electrons. The number of rotatable bonds is 4. The molecule has 0 spiro atoms. The zero-order valence-corrected chi connectivity index (χ0v) is 9.40. The molecule has 1 aromatic carbocycles. The van der Waals surface area contributed by atoms with E-state index in [1.54, 1.807) is 13.0 Å². The maximum atomic E-state index is 11.1. The van der Waals surface area contributed by atoms with Crippen molar-refractivity contribution < 1.29 is 4.92 Å². The lowest BCUT2D eigenvalue weighted by Gasteiger charge is -2.15. The van der Waals surface area contributed by atoms with E-state index < -0.39 is 0 Å². The molecule has 0 bridgehead atoms. The third-order valence-electron chi connectivity index (χ3n) is 3.47. The summed E-state index contributed by atoms with van der Waals surface area (Å²) in [5.74, 6) is 0. The molecular weight excluding hydrogens is 204 g/mol. The van der Waals surface area contributed by atoms with Crippen LogP contribution in [0.4, 0.5) is 5.69 Å². The predicted molar refractivity (Wildman–Crippen MR) is 62.4 cm³/mol. The van der Waals surface area contributed by atoms with Crippen LogP contribution in [-0.4, -0.2) is 11.5 Å². The van der Waals surface area contributed by atoms with Crippen LogP contribution in [0.5, 0.6) is 0 Å². The highest BCUT2D eigenvalue weighted by atomic mass is 16.6. The van der Waals surface area contributed by atoms with E-state index in [2.05, 4.69) is 0 Å². The summed E-state index contributed by atoms with van der Waals surface area (Å²) in [5, 5.41) is 11.1. The Morgan fingerprint density at radius 3 is 2.69 bits per heavy atom. The number of hydrogen-bond donors (Lipinski definition) is 1. The maximum Gasteiger partial charge on any atom is 0.276 e. The van der Waals surface area contributed by atoms with Crippen LogP contribution in [-0.2, 0) is 5.41 Å². The van der Waals surface area contributed by atoms with Crippen LogP contribution in [0, 0.1) is 17.0 Å². The Kier molecular flexibility index (Phi) is 2.68. The van der Waals surface area contributed by atoms with E-state index in [0.717, 1.165) is 30.4 Å². The number of benzene rings is 1. The summed E-state index contributed by atoms with van der Waals surface area (Å²) in [6.45, 7) is 2.38. The first kappa shape index (κ1) is 11.1. The molecule has 0 aliphatic heterocycles. The minimum atomic E-state index is -0.263. The average molecular weight is 220 g/mol. The van der Waals surface area contributed by atoms with Crippen molar-refractivity contribution in [1.29, 1.82) is 0 Å². The second kappa shape index (κ2) is 3.87. The molecule has 86 valence electrons. The van der Waals surface area contributed by atoms with Crippen LogP contribution >= 0.6 is 0 Å². The van der Waals surface area contributed by atoms with Crippen molar-refractivity contribution in [2.24, 2.45) is 5.73 Å². The van der Waals surface area contributed by atoms with Crippen LogP contribution in [0.25, 0.3) is 0 Å². The molecular formula is C12H16N2O2. The van der Waals surface area contributed by atoms with Gasteiger partial charge in [0.2, 0.25) is 0 Å². The molecule has 0 saturated heterocycles. The van der Waals surface area contributed by atoms with Gasteiger partial charge in [0.05, 0.1) is 4.92 Å². The lowest BCUT2D eigenvalue weighted by Crippen LogP contribution is -2.15. The van der Waals surface area contributed by atoms with E-state index >= 15 is 0 Å². The van der Waals surface area contributed by atoms with Crippen molar-refractivity contribution in [2.75, 3.05) is 6.54 Å². The molecule has 16 heavy (non-hydrogen) atoms. The molecule has 1 aromatic rings. The first-order chi connectivity index (χ1) is 7.60. The van der Waals surface area contributed by atoms with E-state index in [0.29, 0.717) is 6.54 Å². The second-order valence-electron chi connectivity index (χ2n) is 4.55. The van der Waals surface area contributed by atoms with Crippen LogP contribution in [0.15, 0.2) is 18.2 Å². The van der Waals surface area contributed by atoms with E-state index in [4.69, 9.17) is 5.73 Å².